The number of ether oxygens (including phenoxy) is 1. The summed E-state index contributed by atoms with van der Waals surface area (Å²) in [5.41, 5.74) is 8.97. The van der Waals surface area contributed by atoms with Crippen LogP contribution in [0.1, 0.15) is 76.0 Å². The lowest BCUT2D eigenvalue weighted by Crippen LogP contribution is -2.25. The van der Waals surface area contributed by atoms with E-state index in [-0.39, 0.29) is 0 Å². The first-order valence-electron chi connectivity index (χ1n) is 9.61. The van der Waals surface area contributed by atoms with Gasteiger partial charge in [-0.3, -0.25) is 0 Å². The van der Waals surface area contributed by atoms with Crippen molar-refractivity contribution in [3.05, 3.63) is 64.3 Å². The first kappa shape index (κ1) is 18.2. The molecule has 1 heteroatoms. The van der Waals surface area contributed by atoms with E-state index in [4.69, 9.17) is 4.74 Å². The zero-order chi connectivity index (χ0) is 18.0. The van der Waals surface area contributed by atoms with E-state index in [9.17, 15) is 0 Å². The second-order valence-corrected chi connectivity index (χ2v) is 8.45. The molecule has 1 aromatic rings. The molecular formula is C24H32O. The van der Waals surface area contributed by atoms with Crippen molar-refractivity contribution in [2.45, 2.75) is 64.7 Å². The molecule has 1 atom stereocenters. The molecule has 2 aliphatic rings. The smallest absolute Gasteiger partial charge is 0.0676 e. The van der Waals surface area contributed by atoms with Crippen LogP contribution >= 0.6 is 0 Å². The Morgan fingerprint density at radius 2 is 2.04 bits per heavy atom. The lowest BCUT2D eigenvalue weighted by Gasteiger charge is -2.36. The normalized spacial score (nSPS) is 22.9. The number of hydrogen-bond donors (Lipinski definition) is 0. The van der Waals surface area contributed by atoms with Crippen LogP contribution in [0.5, 0.6) is 0 Å². The highest BCUT2D eigenvalue weighted by atomic mass is 16.5. The summed E-state index contributed by atoms with van der Waals surface area (Å²) in [7, 11) is 1.77. The van der Waals surface area contributed by atoms with E-state index in [1.807, 2.05) is 0 Å². The lowest BCUT2D eigenvalue weighted by molar-refractivity contribution is 0.223. The molecule has 1 aromatic carbocycles. The molecule has 0 amide bonds. The molecule has 0 radical (unpaired) electrons. The summed E-state index contributed by atoms with van der Waals surface area (Å²) in [6.45, 7) is 10.1. The van der Waals surface area contributed by atoms with Gasteiger partial charge in [0, 0.05) is 7.11 Å². The summed E-state index contributed by atoms with van der Waals surface area (Å²) in [5.74, 6) is 0.671. The predicted octanol–water partition coefficient (Wildman–Crippen LogP) is 6.56. The van der Waals surface area contributed by atoms with Crippen LogP contribution in [0.2, 0.25) is 0 Å². The van der Waals surface area contributed by atoms with Gasteiger partial charge in [-0.1, -0.05) is 57.2 Å². The summed E-state index contributed by atoms with van der Waals surface area (Å²) in [4.78, 5) is 0. The monoisotopic (exact) mass is 336 g/mol. The Balaban J connectivity index is 1.86. The molecule has 1 unspecified atom stereocenters. The Hall–Kier alpha value is -1.60. The standard InChI is InChI=1S/C24H32O/c1-17-12-13-24(3,4)23-11-10-21(15-22(17)23)18(2)14-19-6-8-20(9-7-19)16-25-5/h6,8,10-11,14-15,17H,7,9,12-13,16H2,1-5H3/b18-14+. The Kier molecular flexibility index (Phi) is 5.34. The van der Waals surface area contributed by atoms with Crippen molar-refractivity contribution in [1.29, 1.82) is 0 Å². The molecule has 134 valence electrons. The quantitative estimate of drug-likeness (QED) is 0.605. The van der Waals surface area contributed by atoms with Gasteiger partial charge in [-0.2, -0.15) is 0 Å². The van der Waals surface area contributed by atoms with Crippen LogP contribution in [0.25, 0.3) is 5.57 Å². The molecule has 25 heavy (non-hydrogen) atoms. The fourth-order valence-electron chi connectivity index (χ4n) is 4.18. The summed E-state index contributed by atoms with van der Waals surface area (Å²) in [5, 5.41) is 0. The summed E-state index contributed by atoms with van der Waals surface area (Å²) < 4.78 is 5.23. The minimum absolute atomic E-state index is 0.312. The Morgan fingerprint density at radius 3 is 2.72 bits per heavy atom. The van der Waals surface area contributed by atoms with Gasteiger partial charge in [-0.25, -0.2) is 0 Å². The van der Waals surface area contributed by atoms with Crippen LogP contribution in [0.4, 0.5) is 0 Å². The molecular weight excluding hydrogens is 304 g/mol. The third-order valence-corrected chi connectivity index (χ3v) is 5.97. The second kappa shape index (κ2) is 7.33. The zero-order valence-corrected chi connectivity index (χ0v) is 16.5. The van der Waals surface area contributed by atoms with Crippen LogP contribution in [0.3, 0.4) is 0 Å². The summed E-state index contributed by atoms with van der Waals surface area (Å²) in [6, 6.07) is 7.14. The number of allylic oxidation sites excluding steroid dienone is 5. The lowest BCUT2D eigenvalue weighted by atomic mass is 9.69. The van der Waals surface area contributed by atoms with Gasteiger partial charge in [0.05, 0.1) is 6.61 Å². The van der Waals surface area contributed by atoms with Crippen LogP contribution in [0.15, 0.2) is 47.6 Å². The van der Waals surface area contributed by atoms with Crippen molar-refractivity contribution >= 4 is 5.57 Å². The van der Waals surface area contributed by atoms with Crippen molar-refractivity contribution in [3.8, 4) is 0 Å². The first-order chi connectivity index (χ1) is 11.9. The predicted molar refractivity (Wildman–Crippen MR) is 108 cm³/mol. The molecule has 0 saturated carbocycles. The highest BCUT2D eigenvalue weighted by Gasteiger charge is 2.30. The fraction of sp³-hybridized carbons (Fsp3) is 0.500. The first-order valence-corrected chi connectivity index (χ1v) is 9.61. The van der Waals surface area contributed by atoms with Crippen LogP contribution in [-0.4, -0.2) is 13.7 Å². The van der Waals surface area contributed by atoms with Crippen molar-refractivity contribution in [1.82, 2.24) is 0 Å². The van der Waals surface area contributed by atoms with Crippen LogP contribution < -0.4 is 0 Å². The van der Waals surface area contributed by atoms with Gasteiger partial charge in [-0.05, 0) is 77.3 Å². The Bertz CT molecular complexity index is 730. The zero-order valence-electron chi connectivity index (χ0n) is 16.5. The molecule has 0 fully saturated rings. The molecule has 1 nitrogen and oxygen atoms in total. The third kappa shape index (κ3) is 3.98. The maximum atomic E-state index is 5.23. The van der Waals surface area contributed by atoms with Gasteiger partial charge in [0.1, 0.15) is 0 Å². The summed E-state index contributed by atoms with van der Waals surface area (Å²) >= 11 is 0. The van der Waals surface area contributed by atoms with Gasteiger partial charge >= 0.3 is 0 Å². The fourth-order valence-corrected chi connectivity index (χ4v) is 4.18. The maximum absolute atomic E-state index is 5.23. The van der Waals surface area contributed by atoms with Crippen molar-refractivity contribution in [2.24, 2.45) is 0 Å². The largest absolute Gasteiger partial charge is 0.380 e. The van der Waals surface area contributed by atoms with Gasteiger partial charge in [0.25, 0.3) is 0 Å². The average molecular weight is 337 g/mol. The third-order valence-electron chi connectivity index (χ3n) is 5.97. The highest BCUT2D eigenvalue weighted by Crippen LogP contribution is 2.43. The average Bonchev–Trinajstić information content (AvgIpc) is 2.60. The molecule has 0 bridgehead atoms. The van der Waals surface area contributed by atoms with Crippen LogP contribution in [0, 0.1) is 0 Å². The number of hydrogen-bond acceptors (Lipinski definition) is 1. The number of rotatable bonds is 4. The Morgan fingerprint density at radius 1 is 1.24 bits per heavy atom. The maximum Gasteiger partial charge on any atom is 0.0676 e. The number of benzene rings is 1. The molecule has 0 spiro atoms. The molecule has 0 aliphatic heterocycles. The molecule has 3 rings (SSSR count). The molecule has 0 N–H and O–H groups in total. The van der Waals surface area contributed by atoms with E-state index in [1.165, 1.54) is 35.1 Å². The van der Waals surface area contributed by atoms with Gasteiger partial charge in [0.2, 0.25) is 0 Å². The topological polar surface area (TPSA) is 9.23 Å². The van der Waals surface area contributed by atoms with Crippen LogP contribution in [-0.2, 0) is 10.2 Å². The van der Waals surface area contributed by atoms with E-state index in [0.29, 0.717) is 11.3 Å². The highest BCUT2D eigenvalue weighted by molar-refractivity contribution is 5.68. The van der Waals surface area contributed by atoms with E-state index in [1.54, 1.807) is 18.2 Å². The minimum atomic E-state index is 0.312. The van der Waals surface area contributed by atoms with E-state index in [2.05, 4.69) is 64.1 Å². The van der Waals surface area contributed by atoms with Gasteiger partial charge in [0.15, 0.2) is 0 Å². The molecule has 0 saturated heterocycles. The van der Waals surface area contributed by atoms with Crippen molar-refractivity contribution < 1.29 is 4.74 Å². The number of fused-ring (bicyclic) bond motifs is 1. The molecule has 2 aliphatic carbocycles. The summed E-state index contributed by atoms with van der Waals surface area (Å²) in [6.07, 6.45) is 11.7. The molecule has 0 heterocycles. The van der Waals surface area contributed by atoms with Crippen molar-refractivity contribution in [3.63, 3.8) is 0 Å². The number of methoxy groups -OCH3 is 1. The van der Waals surface area contributed by atoms with E-state index < -0.39 is 0 Å². The minimum Gasteiger partial charge on any atom is -0.380 e. The SMILES string of the molecule is COCC1=CC=C(/C=C(\C)c2ccc3c(c2)C(C)CCC3(C)C)CC1. The van der Waals surface area contributed by atoms with E-state index in [0.717, 1.165) is 19.4 Å². The van der Waals surface area contributed by atoms with Gasteiger partial charge < -0.3 is 4.74 Å². The van der Waals surface area contributed by atoms with Gasteiger partial charge in [-0.15, -0.1) is 0 Å². The van der Waals surface area contributed by atoms with Crippen molar-refractivity contribution in [2.75, 3.05) is 13.7 Å². The Labute approximate surface area is 153 Å². The second-order valence-electron chi connectivity index (χ2n) is 8.45. The molecule has 0 aromatic heterocycles. The van der Waals surface area contributed by atoms with E-state index >= 15 is 0 Å².